The molecule has 0 saturated carbocycles. The van der Waals surface area contributed by atoms with Crippen molar-refractivity contribution in [1.82, 2.24) is 9.97 Å². The minimum absolute atomic E-state index is 0.203. The third-order valence-electron chi connectivity index (χ3n) is 1.33. The number of hydrogen-bond donors (Lipinski definition) is 1. The van der Waals surface area contributed by atoms with Gasteiger partial charge in [0.05, 0.1) is 0 Å². The molecule has 0 bridgehead atoms. The molecule has 0 aliphatic carbocycles. The van der Waals surface area contributed by atoms with E-state index < -0.39 is 6.09 Å². The molecule has 5 heteroatoms. The van der Waals surface area contributed by atoms with Crippen LogP contribution in [-0.4, -0.2) is 16.1 Å². The van der Waals surface area contributed by atoms with E-state index in [0.29, 0.717) is 11.5 Å². The van der Waals surface area contributed by atoms with E-state index in [1.165, 1.54) is 6.20 Å². The highest BCUT2D eigenvalue weighted by Gasteiger charge is 2.16. The van der Waals surface area contributed by atoms with Crippen LogP contribution in [0.4, 0.5) is 10.6 Å². The Morgan fingerprint density at radius 2 is 2.27 bits per heavy atom. The highest BCUT2D eigenvalue weighted by atomic mass is 16.5. The maximum Gasteiger partial charge on any atom is 0.413 e. The van der Waals surface area contributed by atoms with Crippen LogP contribution in [0.2, 0.25) is 0 Å². The SMILES string of the molecule is O=C1Nc2nccnc2CO1. The van der Waals surface area contributed by atoms with Crippen LogP contribution in [-0.2, 0) is 11.3 Å². The number of nitrogens with one attached hydrogen (secondary N) is 1. The van der Waals surface area contributed by atoms with Crippen LogP contribution in [0.1, 0.15) is 5.69 Å². The van der Waals surface area contributed by atoms with Crippen LogP contribution in [0.3, 0.4) is 0 Å². The zero-order valence-electron chi connectivity index (χ0n) is 5.57. The summed E-state index contributed by atoms with van der Waals surface area (Å²) < 4.78 is 4.65. The Morgan fingerprint density at radius 3 is 3.18 bits per heavy atom. The second-order valence-electron chi connectivity index (χ2n) is 2.05. The molecular weight excluding hydrogens is 146 g/mol. The van der Waals surface area contributed by atoms with Crippen molar-refractivity contribution in [3.8, 4) is 0 Å². The molecule has 0 atom stereocenters. The number of fused-ring (bicyclic) bond motifs is 1. The standard InChI is InChI=1S/C6H5N3O2/c10-6-9-5-4(3-11-6)7-1-2-8-5/h1-2H,3H2,(H,8,9,10). The van der Waals surface area contributed by atoms with Gasteiger partial charge in [-0.25, -0.2) is 9.78 Å². The van der Waals surface area contributed by atoms with Gasteiger partial charge in [-0.2, -0.15) is 0 Å². The van der Waals surface area contributed by atoms with Crippen molar-refractivity contribution in [1.29, 1.82) is 0 Å². The van der Waals surface area contributed by atoms with Crippen molar-refractivity contribution < 1.29 is 9.53 Å². The Morgan fingerprint density at radius 1 is 1.45 bits per heavy atom. The Kier molecular flexibility index (Phi) is 1.21. The van der Waals surface area contributed by atoms with Crippen molar-refractivity contribution in [2.75, 3.05) is 5.32 Å². The highest BCUT2D eigenvalue weighted by Crippen LogP contribution is 2.14. The van der Waals surface area contributed by atoms with Gasteiger partial charge in [0.1, 0.15) is 12.3 Å². The maximum atomic E-state index is 10.6. The summed E-state index contributed by atoms with van der Waals surface area (Å²) >= 11 is 0. The van der Waals surface area contributed by atoms with Gasteiger partial charge in [-0.1, -0.05) is 0 Å². The predicted octanol–water partition coefficient (Wildman–Crippen LogP) is 0.539. The number of carbonyl (C=O) groups excluding carboxylic acids is 1. The van der Waals surface area contributed by atoms with E-state index in [-0.39, 0.29) is 6.61 Å². The summed E-state index contributed by atoms with van der Waals surface area (Å²) in [6.07, 6.45) is 2.60. The van der Waals surface area contributed by atoms with Crippen LogP contribution in [0.25, 0.3) is 0 Å². The van der Waals surface area contributed by atoms with Gasteiger partial charge in [0, 0.05) is 12.4 Å². The molecule has 2 heterocycles. The molecule has 0 aromatic carbocycles. The van der Waals surface area contributed by atoms with Crippen molar-refractivity contribution in [2.24, 2.45) is 0 Å². The average Bonchev–Trinajstić information content (AvgIpc) is 2.04. The van der Waals surface area contributed by atoms with Crippen molar-refractivity contribution in [3.05, 3.63) is 18.1 Å². The molecule has 5 nitrogen and oxygen atoms in total. The smallest absolute Gasteiger partial charge is 0.413 e. The summed E-state index contributed by atoms with van der Waals surface area (Å²) in [7, 11) is 0. The van der Waals surface area contributed by atoms with Crippen LogP contribution >= 0.6 is 0 Å². The van der Waals surface area contributed by atoms with Gasteiger partial charge in [-0.15, -0.1) is 0 Å². The first-order valence-electron chi connectivity index (χ1n) is 3.10. The van der Waals surface area contributed by atoms with Crippen LogP contribution in [0.5, 0.6) is 0 Å². The van der Waals surface area contributed by atoms with E-state index in [1.54, 1.807) is 6.20 Å². The van der Waals surface area contributed by atoms with Crippen LogP contribution in [0, 0.1) is 0 Å². The monoisotopic (exact) mass is 151 g/mol. The van der Waals surface area contributed by atoms with Crippen LogP contribution in [0.15, 0.2) is 12.4 Å². The van der Waals surface area contributed by atoms with E-state index in [2.05, 4.69) is 20.0 Å². The lowest BCUT2D eigenvalue weighted by atomic mass is 10.4. The van der Waals surface area contributed by atoms with Gasteiger partial charge in [0.2, 0.25) is 0 Å². The number of aromatic nitrogens is 2. The molecule has 0 saturated heterocycles. The van der Waals surface area contributed by atoms with Crippen molar-refractivity contribution in [2.45, 2.75) is 6.61 Å². The first-order valence-corrected chi connectivity index (χ1v) is 3.10. The largest absolute Gasteiger partial charge is 0.443 e. The van der Waals surface area contributed by atoms with E-state index >= 15 is 0 Å². The molecule has 1 aromatic heterocycles. The minimum atomic E-state index is -0.474. The van der Waals surface area contributed by atoms with Gasteiger partial charge < -0.3 is 4.74 Å². The van der Waals surface area contributed by atoms with E-state index in [9.17, 15) is 4.79 Å². The highest BCUT2D eigenvalue weighted by molar-refractivity contribution is 5.85. The fourth-order valence-electron chi connectivity index (χ4n) is 0.844. The zero-order valence-corrected chi connectivity index (χ0v) is 5.57. The quantitative estimate of drug-likeness (QED) is 0.587. The lowest BCUT2D eigenvalue weighted by molar-refractivity contribution is 0.149. The van der Waals surface area contributed by atoms with E-state index in [1.807, 2.05) is 0 Å². The summed E-state index contributed by atoms with van der Waals surface area (Å²) in [5.74, 6) is 0.490. The van der Waals surface area contributed by atoms with Gasteiger partial charge in [0.25, 0.3) is 0 Å². The molecule has 0 radical (unpaired) electrons. The maximum absolute atomic E-state index is 10.6. The number of amides is 1. The number of anilines is 1. The number of hydrogen-bond acceptors (Lipinski definition) is 4. The summed E-state index contributed by atoms with van der Waals surface area (Å²) in [6, 6.07) is 0. The van der Waals surface area contributed by atoms with Crippen molar-refractivity contribution in [3.63, 3.8) is 0 Å². The van der Waals surface area contributed by atoms with E-state index in [4.69, 9.17) is 0 Å². The molecule has 11 heavy (non-hydrogen) atoms. The molecule has 56 valence electrons. The Bertz CT molecular complexity index is 300. The summed E-state index contributed by atoms with van der Waals surface area (Å²) in [4.78, 5) is 18.5. The first-order chi connectivity index (χ1) is 5.36. The Hall–Kier alpha value is -1.65. The lowest BCUT2D eigenvalue weighted by Gasteiger charge is -2.13. The minimum Gasteiger partial charge on any atom is -0.443 e. The molecule has 0 fully saturated rings. The van der Waals surface area contributed by atoms with Crippen LogP contribution < -0.4 is 5.32 Å². The fourth-order valence-corrected chi connectivity index (χ4v) is 0.844. The normalized spacial score (nSPS) is 14.7. The van der Waals surface area contributed by atoms with Gasteiger partial charge in [0.15, 0.2) is 5.82 Å². The van der Waals surface area contributed by atoms with E-state index in [0.717, 1.165) is 0 Å². The molecule has 1 N–H and O–H groups in total. The van der Waals surface area contributed by atoms with Crippen molar-refractivity contribution >= 4 is 11.9 Å². The van der Waals surface area contributed by atoms with Gasteiger partial charge >= 0.3 is 6.09 Å². The molecule has 1 aliphatic rings. The number of carbonyl (C=O) groups is 1. The average molecular weight is 151 g/mol. The van der Waals surface area contributed by atoms with Gasteiger partial charge in [-0.3, -0.25) is 10.3 Å². The lowest BCUT2D eigenvalue weighted by Crippen LogP contribution is -2.22. The summed E-state index contributed by atoms with van der Waals surface area (Å²) in [6.45, 7) is 0.203. The second kappa shape index (κ2) is 2.19. The Labute approximate surface area is 62.4 Å². The summed E-state index contributed by atoms with van der Waals surface area (Å²) in [5.41, 5.74) is 0.659. The number of cyclic esters (lactones) is 1. The molecule has 2 rings (SSSR count). The second-order valence-corrected chi connectivity index (χ2v) is 2.05. The topological polar surface area (TPSA) is 64.1 Å². The number of nitrogens with zero attached hydrogens (tertiary/aromatic N) is 2. The first kappa shape index (κ1) is 6.09. The predicted molar refractivity (Wildman–Crippen MR) is 35.8 cm³/mol. The third kappa shape index (κ3) is 1.000. The van der Waals surface area contributed by atoms with Gasteiger partial charge in [-0.05, 0) is 0 Å². The molecule has 1 aliphatic heterocycles. The zero-order chi connectivity index (χ0) is 7.68. The molecule has 0 spiro atoms. The Balaban J connectivity index is 2.41. The molecule has 0 unspecified atom stereocenters. The molecular formula is C6H5N3O2. The summed E-state index contributed by atoms with van der Waals surface area (Å²) in [5, 5.41) is 2.43. The fraction of sp³-hybridized carbons (Fsp3) is 0.167. The molecule has 1 aromatic rings. The number of ether oxygens (including phenoxy) is 1. The molecule has 1 amide bonds. The number of rotatable bonds is 0. The third-order valence-corrected chi connectivity index (χ3v) is 1.33.